The Balaban J connectivity index is 2.30. The van der Waals surface area contributed by atoms with Gasteiger partial charge in [-0.1, -0.05) is 0 Å². The van der Waals surface area contributed by atoms with Crippen LogP contribution in [0, 0.1) is 13.8 Å². The Morgan fingerprint density at radius 2 is 2.14 bits per heavy atom. The molecule has 2 heterocycles. The van der Waals surface area contributed by atoms with Gasteiger partial charge in [0.2, 0.25) is 10.0 Å². The zero-order valence-electron chi connectivity index (χ0n) is 12.5. The third-order valence-corrected chi connectivity index (χ3v) is 5.85. The highest BCUT2D eigenvalue weighted by molar-refractivity contribution is 7.89. The Morgan fingerprint density at radius 1 is 1.43 bits per heavy atom. The summed E-state index contributed by atoms with van der Waals surface area (Å²) in [6.07, 6.45) is 0. The van der Waals surface area contributed by atoms with Crippen molar-refractivity contribution in [1.82, 2.24) is 24.8 Å². The summed E-state index contributed by atoms with van der Waals surface area (Å²) in [5.74, 6) is 0. The van der Waals surface area contributed by atoms with Crippen molar-refractivity contribution in [1.29, 1.82) is 0 Å². The van der Waals surface area contributed by atoms with Gasteiger partial charge in [-0.25, -0.2) is 13.4 Å². The van der Waals surface area contributed by atoms with Gasteiger partial charge in [-0.15, -0.1) is 11.3 Å². The van der Waals surface area contributed by atoms with Crippen LogP contribution < -0.4 is 5.32 Å². The average Bonchev–Trinajstić information content (AvgIpc) is 2.97. The smallest absolute Gasteiger partial charge is 0.246 e. The van der Waals surface area contributed by atoms with Gasteiger partial charge < -0.3 is 5.32 Å². The van der Waals surface area contributed by atoms with Crippen LogP contribution in [-0.4, -0.2) is 42.0 Å². The average molecular weight is 329 g/mol. The monoisotopic (exact) mass is 329 g/mol. The van der Waals surface area contributed by atoms with Crippen LogP contribution in [0.1, 0.15) is 22.1 Å². The van der Waals surface area contributed by atoms with Gasteiger partial charge in [0.1, 0.15) is 4.90 Å². The Morgan fingerprint density at radius 3 is 2.71 bits per heavy atom. The number of hydrogen-bond acceptors (Lipinski definition) is 6. The Kier molecular flexibility index (Phi) is 4.77. The fourth-order valence-electron chi connectivity index (χ4n) is 2.05. The molecule has 9 heteroatoms. The molecule has 0 amide bonds. The van der Waals surface area contributed by atoms with Crippen LogP contribution in [0.25, 0.3) is 0 Å². The molecule has 0 spiro atoms. The summed E-state index contributed by atoms with van der Waals surface area (Å²) in [5.41, 5.74) is 1.79. The summed E-state index contributed by atoms with van der Waals surface area (Å²) in [6, 6.07) is 0. The number of sulfonamides is 1. The molecule has 2 rings (SSSR count). The molecule has 7 nitrogen and oxygen atoms in total. The van der Waals surface area contributed by atoms with Gasteiger partial charge in [-0.3, -0.25) is 5.10 Å². The third-order valence-electron chi connectivity index (χ3n) is 3.02. The van der Waals surface area contributed by atoms with Gasteiger partial charge in [0.15, 0.2) is 0 Å². The quantitative estimate of drug-likeness (QED) is 0.826. The normalized spacial score (nSPS) is 12.2. The molecule has 2 N–H and O–H groups in total. The number of nitrogens with one attached hydrogen (secondary N) is 2. The summed E-state index contributed by atoms with van der Waals surface area (Å²) in [5, 5.41) is 12.5. The maximum Gasteiger partial charge on any atom is 0.246 e. The predicted molar refractivity (Wildman–Crippen MR) is 81.6 cm³/mol. The van der Waals surface area contributed by atoms with Crippen LogP contribution >= 0.6 is 11.3 Å². The Hall–Kier alpha value is -1.29. The molecule has 0 aliphatic rings. The third kappa shape index (κ3) is 3.31. The van der Waals surface area contributed by atoms with Crippen molar-refractivity contribution in [3.05, 3.63) is 27.5 Å². The van der Waals surface area contributed by atoms with Crippen molar-refractivity contribution < 1.29 is 8.42 Å². The van der Waals surface area contributed by atoms with E-state index in [1.54, 1.807) is 21.0 Å². The maximum atomic E-state index is 12.7. The number of aromatic amines is 1. The maximum absolute atomic E-state index is 12.7. The lowest BCUT2D eigenvalue weighted by molar-refractivity contribution is 0.461. The van der Waals surface area contributed by atoms with Gasteiger partial charge in [0.05, 0.1) is 28.6 Å². The summed E-state index contributed by atoms with van der Waals surface area (Å²) >= 11 is 1.51. The molecular weight excluding hydrogens is 310 g/mol. The lowest BCUT2D eigenvalue weighted by Gasteiger charge is -2.16. The van der Waals surface area contributed by atoms with Gasteiger partial charge in [-0.2, -0.15) is 9.40 Å². The Bertz CT molecular complexity index is 720. The first kappa shape index (κ1) is 16.1. The van der Waals surface area contributed by atoms with E-state index in [-0.39, 0.29) is 11.4 Å². The fraction of sp³-hybridized carbons (Fsp3) is 0.500. The Labute approximate surface area is 128 Å². The summed E-state index contributed by atoms with van der Waals surface area (Å²) < 4.78 is 26.8. The second-order valence-electron chi connectivity index (χ2n) is 4.77. The minimum absolute atomic E-state index is 0.242. The van der Waals surface area contributed by atoms with Gasteiger partial charge >= 0.3 is 0 Å². The van der Waals surface area contributed by atoms with E-state index in [1.165, 1.54) is 15.6 Å². The van der Waals surface area contributed by atoms with E-state index in [2.05, 4.69) is 20.5 Å². The van der Waals surface area contributed by atoms with Crippen molar-refractivity contribution in [3.63, 3.8) is 0 Å². The van der Waals surface area contributed by atoms with Gasteiger partial charge in [0, 0.05) is 19.0 Å². The number of aromatic nitrogens is 3. The van der Waals surface area contributed by atoms with E-state index >= 15 is 0 Å². The molecule has 2 aromatic heterocycles. The minimum Gasteiger partial charge on any atom is -0.314 e. The van der Waals surface area contributed by atoms with Crippen LogP contribution in [-0.2, 0) is 23.1 Å². The molecular formula is C12H19N5O2S2. The van der Waals surface area contributed by atoms with E-state index in [1.807, 2.05) is 12.3 Å². The van der Waals surface area contributed by atoms with Gasteiger partial charge in [0.25, 0.3) is 0 Å². The fourth-order valence-corrected chi connectivity index (χ4v) is 4.11. The molecule has 2 aromatic rings. The number of aryl methyl sites for hydroxylation is 2. The van der Waals surface area contributed by atoms with Crippen LogP contribution in [0.15, 0.2) is 10.3 Å². The van der Waals surface area contributed by atoms with Crippen molar-refractivity contribution in [2.75, 3.05) is 14.1 Å². The van der Waals surface area contributed by atoms with E-state index in [0.29, 0.717) is 17.9 Å². The zero-order chi connectivity index (χ0) is 15.6. The van der Waals surface area contributed by atoms with E-state index in [9.17, 15) is 8.42 Å². The molecule has 0 saturated heterocycles. The molecule has 21 heavy (non-hydrogen) atoms. The second-order valence-corrected chi connectivity index (χ2v) is 7.82. The molecule has 0 aliphatic carbocycles. The number of thiazole rings is 1. The first-order valence-corrected chi connectivity index (χ1v) is 8.74. The highest BCUT2D eigenvalue weighted by Gasteiger charge is 2.28. The van der Waals surface area contributed by atoms with Crippen LogP contribution in [0.3, 0.4) is 0 Å². The molecule has 0 atom stereocenters. The van der Waals surface area contributed by atoms with Crippen LogP contribution in [0.4, 0.5) is 0 Å². The predicted octanol–water partition coefficient (Wildman–Crippen LogP) is 1.02. The van der Waals surface area contributed by atoms with E-state index < -0.39 is 10.0 Å². The van der Waals surface area contributed by atoms with Gasteiger partial charge in [-0.05, 0) is 20.9 Å². The van der Waals surface area contributed by atoms with Crippen molar-refractivity contribution in [3.8, 4) is 0 Å². The minimum atomic E-state index is -3.60. The summed E-state index contributed by atoms with van der Waals surface area (Å²) in [7, 11) is -0.297. The SMILES string of the molecule is CNCc1n[nH]c(C)c1S(=O)(=O)N(C)Cc1csc(C)n1. The number of H-pyrrole nitrogens is 1. The molecule has 0 aromatic carbocycles. The largest absolute Gasteiger partial charge is 0.314 e. The molecule has 0 radical (unpaired) electrons. The summed E-state index contributed by atoms with van der Waals surface area (Å²) in [4.78, 5) is 4.55. The first-order valence-electron chi connectivity index (χ1n) is 6.42. The molecule has 116 valence electrons. The lowest BCUT2D eigenvalue weighted by Crippen LogP contribution is -2.28. The number of nitrogens with zero attached hydrogens (tertiary/aromatic N) is 3. The standard InChI is InChI=1S/C12H19N5O2S2/c1-8-12(11(5-13-3)16-15-8)21(18,19)17(4)6-10-7-20-9(2)14-10/h7,13H,5-6H2,1-4H3,(H,15,16). The van der Waals surface area contributed by atoms with Crippen molar-refractivity contribution in [2.45, 2.75) is 31.8 Å². The molecule has 0 fully saturated rings. The highest BCUT2D eigenvalue weighted by Crippen LogP contribution is 2.23. The molecule has 0 saturated carbocycles. The number of hydrogen-bond donors (Lipinski definition) is 2. The van der Waals surface area contributed by atoms with E-state index in [4.69, 9.17) is 0 Å². The first-order chi connectivity index (χ1) is 9.86. The summed E-state index contributed by atoms with van der Waals surface area (Å²) in [6.45, 7) is 4.24. The highest BCUT2D eigenvalue weighted by atomic mass is 32.2. The van der Waals surface area contributed by atoms with Crippen molar-refractivity contribution >= 4 is 21.4 Å². The molecule has 0 unspecified atom stereocenters. The lowest BCUT2D eigenvalue weighted by atomic mass is 10.4. The zero-order valence-corrected chi connectivity index (χ0v) is 14.1. The van der Waals surface area contributed by atoms with Crippen molar-refractivity contribution in [2.24, 2.45) is 0 Å². The van der Waals surface area contributed by atoms with Crippen LogP contribution in [0.5, 0.6) is 0 Å². The topological polar surface area (TPSA) is 91.0 Å². The number of rotatable bonds is 6. The van der Waals surface area contributed by atoms with E-state index in [0.717, 1.165) is 10.7 Å². The molecule has 0 aliphatic heterocycles. The van der Waals surface area contributed by atoms with Crippen LogP contribution in [0.2, 0.25) is 0 Å². The molecule has 0 bridgehead atoms. The second kappa shape index (κ2) is 6.22.